The van der Waals surface area contributed by atoms with E-state index in [1.165, 1.54) is 23.2 Å². The van der Waals surface area contributed by atoms with Crippen LogP contribution in [0.2, 0.25) is 0 Å². The van der Waals surface area contributed by atoms with Crippen LogP contribution < -0.4 is 5.48 Å². The van der Waals surface area contributed by atoms with E-state index in [0.29, 0.717) is 17.3 Å². The average Bonchev–Trinajstić information content (AvgIpc) is 2.77. The predicted octanol–water partition coefficient (Wildman–Crippen LogP) is 3.09. The van der Waals surface area contributed by atoms with Gasteiger partial charge in [-0.15, -0.1) is 0 Å². The number of benzene rings is 1. The highest BCUT2D eigenvalue weighted by molar-refractivity contribution is 5.92. The van der Waals surface area contributed by atoms with Crippen LogP contribution in [0.15, 0.2) is 60.7 Å². The smallest absolute Gasteiger partial charge is 0.267 e. The lowest BCUT2D eigenvalue weighted by molar-refractivity contribution is -0.127. The fourth-order valence-corrected chi connectivity index (χ4v) is 3.42. The van der Waals surface area contributed by atoms with E-state index in [9.17, 15) is 9.59 Å². The van der Waals surface area contributed by atoms with Crippen LogP contribution in [0.4, 0.5) is 0 Å². The summed E-state index contributed by atoms with van der Waals surface area (Å²) in [5.41, 5.74) is 4.07. The molecule has 0 atom stereocenters. The molecule has 1 aromatic heterocycles. The van der Waals surface area contributed by atoms with Crippen molar-refractivity contribution in [3.8, 4) is 0 Å². The summed E-state index contributed by atoms with van der Waals surface area (Å²) in [6.07, 6.45) is 9.00. The van der Waals surface area contributed by atoms with Crippen LogP contribution in [0.25, 0.3) is 12.2 Å². The Morgan fingerprint density at radius 2 is 1.66 bits per heavy atom. The number of nitrogens with zero attached hydrogens (tertiary/aromatic N) is 2. The molecule has 0 spiro atoms. The van der Waals surface area contributed by atoms with E-state index in [2.05, 4.69) is 29.2 Å². The Kier molecular flexibility index (Phi) is 7.30. The number of hydrogen-bond acceptors (Lipinski definition) is 4. The molecule has 2 N–H and O–H groups in total. The summed E-state index contributed by atoms with van der Waals surface area (Å²) in [5.74, 6) is -0.0177. The van der Waals surface area contributed by atoms with Gasteiger partial charge in [-0.1, -0.05) is 36.4 Å². The van der Waals surface area contributed by atoms with Crippen molar-refractivity contribution >= 4 is 24.0 Å². The van der Waals surface area contributed by atoms with Gasteiger partial charge in [-0.3, -0.25) is 14.8 Å². The average molecular weight is 391 g/mol. The Labute approximate surface area is 170 Å². The molecule has 1 aromatic carbocycles. The van der Waals surface area contributed by atoms with Gasteiger partial charge in [0.05, 0.1) is 11.4 Å². The van der Waals surface area contributed by atoms with Gasteiger partial charge in [0, 0.05) is 25.2 Å². The fourth-order valence-electron chi connectivity index (χ4n) is 3.42. The van der Waals surface area contributed by atoms with Crippen molar-refractivity contribution < 1.29 is 14.8 Å². The second kappa shape index (κ2) is 10.3. The topological polar surface area (TPSA) is 82.5 Å². The zero-order chi connectivity index (χ0) is 20.5. The van der Waals surface area contributed by atoms with Crippen LogP contribution in [0, 0.1) is 5.92 Å². The van der Waals surface area contributed by atoms with Crippen molar-refractivity contribution in [2.45, 2.75) is 19.3 Å². The van der Waals surface area contributed by atoms with Crippen molar-refractivity contribution in [2.75, 3.05) is 13.1 Å². The van der Waals surface area contributed by atoms with E-state index >= 15 is 0 Å². The van der Waals surface area contributed by atoms with Gasteiger partial charge >= 0.3 is 0 Å². The van der Waals surface area contributed by atoms with E-state index < -0.39 is 5.91 Å². The first-order valence-corrected chi connectivity index (χ1v) is 9.74. The molecule has 2 aromatic rings. The number of hydrogen-bond donors (Lipinski definition) is 2. The highest BCUT2D eigenvalue weighted by Gasteiger charge is 2.21. The van der Waals surface area contributed by atoms with E-state index in [4.69, 9.17) is 5.21 Å². The van der Waals surface area contributed by atoms with Crippen molar-refractivity contribution in [3.63, 3.8) is 0 Å². The molecule has 1 saturated heterocycles. The molecule has 150 valence electrons. The number of amides is 2. The Bertz CT molecular complexity index is 885. The number of rotatable bonds is 6. The lowest BCUT2D eigenvalue weighted by atomic mass is 9.90. The minimum absolute atomic E-state index is 0.00874. The van der Waals surface area contributed by atoms with Gasteiger partial charge in [0.2, 0.25) is 5.91 Å². The number of carbonyl (C=O) groups excluding carboxylic acids is 2. The molecular formula is C23H25N3O3. The van der Waals surface area contributed by atoms with Crippen LogP contribution >= 0.6 is 0 Å². The minimum atomic E-state index is -0.626. The number of carbonyl (C=O) groups is 2. The summed E-state index contributed by atoms with van der Waals surface area (Å²) >= 11 is 0. The quantitative estimate of drug-likeness (QED) is 0.450. The zero-order valence-electron chi connectivity index (χ0n) is 16.2. The summed E-state index contributed by atoms with van der Waals surface area (Å²) in [6, 6.07) is 15.8. The maximum absolute atomic E-state index is 12.5. The first-order chi connectivity index (χ1) is 14.1. The van der Waals surface area contributed by atoms with Gasteiger partial charge in [-0.2, -0.15) is 0 Å². The van der Waals surface area contributed by atoms with Gasteiger partial charge in [-0.05, 0) is 55.0 Å². The summed E-state index contributed by atoms with van der Waals surface area (Å²) in [6.45, 7) is 1.54. The van der Waals surface area contributed by atoms with Gasteiger partial charge in [0.15, 0.2) is 0 Å². The first kappa shape index (κ1) is 20.5. The number of piperidine rings is 1. The van der Waals surface area contributed by atoms with Crippen molar-refractivity contribution in [3.05, 3.63) is 77.6 Å². The Morgan fingerprint density at radius 3 is 2.31 bits per heavy atom. The highest BCUT2D eigenvalue weighted by Crippen LogP contribution is 2.22. The number of pyridine rings is 1. The molecule has 0 radical (unpaired) electrons. The molecule has 0 aliphatic carbocycles. The van der Waals surface area contributed by atoms with Crippen LogP contribution in [0.5, 0.6) is 0 Å². The third kappa shape index (κ3) is 6.40. The molecule has 2 heterocycles. The van der Waals surface area contributed by atoms with Gasteiger partial charge in [0.25, 0.3) is 5.91 Å². The molecule has 0 unspecified atom stereocenters. The molecule has 0 saturated carbocycles. The van der Waals surface area contributed by atoms with Crippen molar-refractivity contribution in [2.24, 2.45) is 5.92 Å². The fraction of sp³-hybridized carbons (Fsp3) is 0.261. The SMILES string of the molecule is O=C(/C=C/c1cccc(/C=C/C(=O)N2CCC(Cc3ccccc3)CC2)n1)NO. The molecule has 6 nitrogen and oxygen atoms in total. The van der Waals surface area contributed by atoms with Gasteiger partial charge < -0.3 is 4.90 Å². The molecule has 1 fully saturated rings. The summed E-state index contributed by atoms with van der Waals surface area (Å²) < 4.78 is 0. The van der Waals surface area contributed by atoms with Crippen LogP contribution in [0.1, 0.15) is 29.8 Å². The number of likely N-dealkylation sites (tertiary alicyclic amines) is 1. The standard InChI is InChI=1S/C23H25N3O3/c27-22(25-29)11-9-20-7-4-8-21(24-20)10-12-23(28)26-15-13-19(14-16-26)17-18-5-2-1-3-6-18/h1-12,19,29H,13-17H2,(H,25,27)/b11-9+,12-10+. The Morgan fingerprint density at radius 1 is 1.00 bits per heavy atom. The van der Waals surface area contributed by atoms with Gasteiger partial charge in [0.1, 0.15) is 0 Å². The Balaban J connectivity index is 1.51. The van der Waals surface area contributed by atoms with E-state index in [-0.39, 0.29) is 5.91 Å². The molecule has 29 heavy (non-hydrogen) atoms. The zero-order valence-corrected chi connectivity index (χ0v) is 16.2. The third-order valence-electron chi connectivity index (χ3n) is 5.00. The predicted molar refractivity (Wildman–Crippen MR) is 112 cm³/mol. The van der Waals surface area contributed by atoms with Crippen molar-refractivity contribution in [1.29, 1.82) is 0 Å². The normalized spacial score (nSPS) is 15.1. The summed E-state index contributed by atoms with van der Waals surface area (Å²) in [5, 5.41) is 8.50. The minimum Gasteiger partial charge on any atom is -0.339 e. The number of aromatic nitrogens is 1. The third-order valence-corrected chi connectivity index (χ3v) is 5.00. The van der Waals surface area contributed by atoms with E-state index in [1.807, 2.05) is 11.0 Å². The summed E-state index contributed by atoms with van der Waals surface area (Å²) in [7, 11) is 0. The van der Waals surface area contributed by atoms with Crippen molar-refractivity contribution in [1.82, 2.24) is 15.4 Å². The summed E-state index contributed by atoms with van der Waals surface area (Å²) in [4.78, 5) is 29.8. The molecule has 1 aliphatic heterocycles. The molecule has 0 bridgehead atoms. The lowest BCUT2D eigenvalue weighted by Crippen LogP contribution is -2.37. The number of hydroxylamine groups is 1. The molecular weight excluding hydrogens is 366 g/mol. The molecule has 6 heteroatoms. The second-order valence-electron chi connectivity index (χ2n) is 7.09. The van der Waals surface area contributed by atoms with Crippen LogP contribution in [-0.4, -0.2) is 40.0 Å². The second-order valence-corrected chi connectivity index (χ2v) is 7.09. The lowest BCUT2D eigenvalue weighted by Gasteiger charge is -2.31. The Hall–Kier alpha value is -3.25. The van der Waals surface area contributed by atoms with Crippen LogP contribution in [0.3, 0.4) is 0 Å². The largest absolute Gasteiger partial charge is 0.339 e. The molecule has 2 amide bonds. The molecule has 3 rings (SSSR count). The highest BCUT2D eigenvalue weighted by atomic mass is 16.5. The van der Waals surface area contributed by atoms with E-state index in [0.717, 1.165) is 32.4 Å². The van der Waals surface area contributed by atoms with Gasteiger partial charge in [-0.25, -0.2) is 10.5 Å². The maximum atomic E-state index is 12.5. The monoisotopic (exact) mass is 391 g/mol. The maximum Gasteiger partial charge on any atom is 0.267 e. The first-order valence-electron chi connectivity index (χ1n) is 9.74. The van der Waals surface area contributed by atoms with E-state index in [1.54, 1.807) is 30.4 Å². The number of nitrogens with one attached hydrogen (secondary N) is 1. The molecule has 1 aliphatic rings. The van der Waals surface area contributed by atoms with Crippen LogP contribution in [-0.2, 0) is 16.0 Å².